The highest BCUT2D eigenvalue weighted by Crippen LogP contribution is 2.13. The van der Waals surface area contributed by atoms with Crippen LogP contribution in [0, 0.1) is 11.6 Å². The van der Waals surface area contributed by atoms with Gasteiger partial charge in [-0.2, -0.15) is 0 Å². The molecule has 3 nitrogen and oxygen atoms in total. The number of amides is 1. The zero-order valence-electron chi connectivity index (χ0n) is 12.7. The van der Waals surface area contributed by atoms with E-state index >= 15 is 0 Å². The van der Waals surface area contributed by atoms with Gasteiger partial charge in [0.15, 0.2) is 0 Å². The van der Waals surface area contributed by atoms with Crippen molar-refractivity contribution < 1.29 is 18.7 Å². The van der Waals surface area contributed by atoms with E-state index in [1.807, 2.05) is 30.3 Å². The number of aryl methyl sites for hydroxylation is 1. The van der Waals surface area contributed by atoms with Crippen LogP contribution in [0.4, 0.5) is 8.78 Å². The molecule has 0 aliphatic heterocycles. The van der Waals surface area contributed by atoms with Gasteiger partial charge in [0.25, 0.3) is 0 Å². The fourth-order valence-electron chi connectivity index (χ4n) is 2.35. The zero-order valence-corrected chi connectivity index (χ0v) is 12.7. The van der Waals surface area contributed by atoms with E-state index in [1.165, 1.54) is 4.90 Å². The third-order valence-electron chi connectivity index (χ3n) is 3.55. The minimum absolute atomic E-state index is 0.0627. The average Bonchev–Trinajstić information content (AvgIpc) is 2.56. The van der Waals surface area contributed by atoms with Crippen molar-refractivity contribution >= 4 is 5.91 Å². The molecular formula is C18H19F2NO2. The summed E-state index contributed by atoms with van der Waals surface area (Å²) in [6.07, 6.45) is 0.187. The van der Waals surface area contributed by atoms with Crippen molar-refractivity contribution in [1.82, 2.24) is 4.90 Å². The summed E-state index contributed by atoms with van der Waals surface area (Å²) in [6, 6.07) is 12.6. The summed E-state index contributed by atoms with van der Waals surface area (Å²) in [7, 11) is 0. The fraction of sp³-hybridized carbons (Fsp3) is 0.278. The van der Waals surface area contributed by atoms with Crippen molar-refractivity contribution in [2.45, 2.75) is 19.4 Å². The average molecular weight is 319 g/mol. The van der Waals surface area contributed by atoms with Crippen LogP contribution in [-0.4, -0.2) is 29.1 Å². The minimum Gasteiger partial charge on any atom is -0.395 e. The zero-order chi connectivity index (χ0) is 16.7. The van der Waals surface area contributed by atoms with E-state index < -0.39 is 11.6 Å². The summed E-state index contributed by atoms with van der Waals surface area (Å²) in [5.41, 5.74) is 1.13. The maximum absolute atomic E-state index is 13.6. The molecule has 0 aromatic heterocycles. The molecule has 0 saturated carbocycles. The lowest BCUT2D eigenvalue weighted by Gasteiger charge is -2.22. The number of carbonyl (C=O) groups excluding carboxylic acids is 1. The van der Waals surface area contributed by atoms with E-state index in [4.69, 9.17) is 5.11 Å². The monoisotopic (exact) mass is 319 g/mol. The highest BCUT2D eigenvalue weighted by atomic mass is 19.1. The molecule has 0 saturated heterocycles. The molecule has 1 N–H and O–H groups in total. The molecule has 2 aromatic carbocycles. The van der Waals surface area contributed by atoms with Crippen LogP contribution in [0.25, 0.3) is 0 Å². The fourth-order valence-corrected chi connectivity index (χ4v) is 2.35. The Morgan fingerprint density at radius 3 is 2.52 bits per heavy atom. The van der Waals surface area contributed by atoms with Gasteiger partial charge in [0.1, 0.15) is 11.6 Å². The SMILES string of the molecule is O=C(CCc1cc(F)ccc1F)N(CCO)Cc1ccccc1. The molecular weight excluding hydrogens is 300 g/mol. The molecule has 0 radical (unpaired) electrons. The first kappa shape index (κ1) is 17.1. The first-order valence-electron chi connectivity index (χ1n) is 7.46. The lowest BCUT2D eigenvalue weighted by atomic mass is 10.1. The van der Waals surface area contributed by atoms with Crippen LogP contribution in [0.3, 0.4) is 0 Å². The molecule has 0 aliphatic rings. The standard InChI is InChI=1S/C18H19F2NO2/c19-16-7-8-17(20)15(12-16)6-9-18(23)21(10-11-22)13-14-4-2-1-3-5-14/h1-5,7-8,12,22H,6,9-11,13H2. The number of carbonyl (C=O) groups is 1. The van der Waals surface area contributed by atoms with Crippen molar-refractivity contribution in [3.8, 4) is 0 Å². The number of rotatable bonds is 7. The Labute approximate surface area is 134 Å². The lowest BCUT2D eigenvalue weighted by Crippen LogP contribution is -2.33. The topological polar surface area (TPSA) is 40.5 Å². The van der Waals surface area contributed by atoms with E-state index in [0.29, 0.717) is 6.54 Å². The summed E-state index contributed by atoms with van der Waals surface area (Å²) in [4.78, 5) is 13.8. The van der Waals surface area contributed by atoms with Crippen LogP contribution in [0.2, 0.25) is 0 Å². The van der Waals surface area contributed by atoms with Crippen LogP contribution in [0.15, 0.2) is 48.5 Å². The summed E-state index contributed by atoms with van der Waals surface area (Å²) < 4.78 is 26.7. The smallest absolute Gasteiger partial charge is 0.223 e. The van der Waals surface area contributed by atoms with Gasteiger partial charge in [-0.1, -0.05) is 30.3 Å². The number of nitrogens with zero attached hydrogens (tertiary/aromatic N) is 1. The van der Waals surface area contributed by atoms with Crippen LogP contribution in [0.1, 0.15) is 17.5 Å². The van der Waals surface area contributed by atoms with E-state index in [1.54, 1.807) is 0 Å². The van der Waals surface area contributed by atoms with Crippen LogP contribution < -0.4 is 0 Å². The molecule has 0 atom stereocenters. The van der Waals surface area contributed by atoms with Gasteiger partial charge >= 0.3 is 0 Å². The largest absolute Gasteiger partial charge is 0.395 e. The van der Waals surface area contributed by atoms with Crippen molar-refractivity contribution in [3.05, 3.63) is 71.3 Å². The highest BCUT2D eigenvalue weighted by molar-refractivity contribution is 5.76. The second kappa shape index (κ2) is 8.39. The third kappa shape index (κ3) is 5.14. The molecule has 5 heteroatoms. The van der Waals surface area contributed by atoms with Gasteiger partial charge in [-0.3, -0.25) is 4.79 Å². The molecule has 2 aromatic rings. The maximum atomic E-state index is 13.6. The van der Waals surface area contributed by atoms with Gasteiger partial charge in [-0.25, -0.2) is 8.78 Å². The second-order valence-electron chi connectivity index (χ2n) is 5.26. The molecule has 0 aliphatic carbocycles. The normalized spacial score (nSPS) is 10.6. The van der Waals surface area contributed by atoms with Crippen molar-refractivity contribution in [2.24, 2.45) is 0 Å². The number of halogens is 2. The van der Waals surface area contributed by atoms with E-state index in [0.717, 1.165) is 23.8 Å². The molecule has 0 heterocycles. The molecule has 2 rings (SSSR count). The predicted octanol–water partition coefficient (Wildman–Crippen LogP) is 2.92. The first-order chi connectivity index (χ1) is 11.1. The number of aliphatic hydroxyl groups is 1. The van der Waals surface area contributed by atoms with Crippen molar-refractivity contribution in [2.75, 3.05) is 13.2 Å². The minimum atomic E-state index is -0.523. The molecule has 0 bridgehead atoms. The van der Waals surface area contributed by atoms with E-state index in [2.05, 4.69) is 0 Å². The predicted molar refractivity (Wildman–Crippen MR) is 83.6 cm³/mol. The quantitative estimate of drug-likeness (QED) is 0.852. The molecule has 23 heavy (non-hydrogen) atoms. The van der Waals surface area contributed by atoms with Gasteiger partial charge in [-0.05, 0) is 35.7 Å². The summed E-state index contributed by atoms with van der Waals surface area (Å²) in [6.45, 7) is 0.443. The highest BCUT2D eigenvalue weighted by Gasteiger charge is 2.15. The summed E-state index contributed by atoms with van der Waals surface area (Å²) in [5, 5.41) is 9.13. The summed E-state index contributed by atoms with van der Waals surface area (Å²) in [5.74, 6) is -1.24. The maximum Gasteiger partial charge on any atom is 0.223 e. The Morgan fingerprint density at radius 2 is 1.83 bits per heavy atom. The first-order valence-corrected chi connectivity index (χ1v) is 7.46. The van der Waals surface area contributed by atoms with Crippen LogP contribution >= 0.6 is 0 Å². The van der Waals surface area contributed by atoms with E-state index in [-0.39, 0.29) is 37.5 Å². The van der Waals surface area contributed by atoms with E-state index in [9.17, 15) is 13.6 Å². The second-order valence-corrected chi connectivity index (χ2v) is 5.26. The number of benzene rings is 2. The van der Waals surface area contributed by atoms with Crippen LogP contribution in [0.5, 0.6) is 0 Å². The van der Waals surface area contributed by atoms with Crippen molar-refractivity contribution in [3.63, 3.8) is 0 Å². The molecule has 0 fully saturated rings. The van der Waals surface area contributed by atoms with Gasteiger partial charge in [0.2, 0.25) is 5.91 Å². The van der Waals surface area contributed by atoms with Gasteiger partial charge in [0, 0.05) is 19.5 Å². The number of aliphatic hydroxyl groups excluding tert-OH is 1. The Morgan fingerprint density at radius 1 is 1.09 bits per heavy atom. The number of hydrogen-bond acceptors (Lipinski definition) is 2. The Kier molecular flexibility index (Phi) is 6.23. The van der Waals surface area contributed by atoms with Gasteiger partial charge in [0.05, 0.1) is 6.61 Å². The summed E-state index contributed by atoms with van der Waals surface area (Å²) >= 11 is 0. The van der Waals surface area contributed by atoms with Crippen LogP contribution in [-0.2, 0) is 17.8 Å². The molecule has 122 valence electrons. The van der Waals surface area contributed by atoms with Gasteiger partial charge < -0.3 is 10.0 Å². The number of hydrogen-bond donors (Lipinski definition) is 1. The Hall–Kier alpha value is -2.27. The molecule has 0 spiro atoms. The molecule has 1 amide bonds. The third-order valence-corrected chi connectivity index (χ3v) is 3.55. The molecule has 0 unspecified atom stereocenters. The van der Waals surface area contributed by atoms with Gasteiger partial charge in [-0.15, -0.1) is 0 Å². The Balaban J connectivity index is 1.99. The lowest BCUT2D eigenvalue weighted by molar-refractivity contribution is -0.132. The van der Waals surface area contributed by atoms with Crippen molar-refractivity contribution in [1.29, 1.82) is 0 Å². The Bertz CT molecular complexity index is 647.